The number of methoxy groups -OCH3 is 1. The van der Waals surface area contributed by atoms with Crippen molar-refractivity contribution in [1.82, 2.24) is 4.31 Å². The maximum Gasteiger partial charge on any atom is 0.244 e. The van der Waals surface area contributed by atoms with Gasteiger partial charge in [0.15, 0.2) is 0 Å². The average molecular weight is 370 g/mol. The maximum absolute atomic E-state index is 13.0. The van der Waals surface area contributed by atoms with Crippen LogP contribution in [0.1, 0.15) is 10.9 Å². The Morgan fingerprint density at radius 1 is 1.17 bits per heavy atom. The zero-order valence-corrected chi connectivity index (χ0v) is 14.9. The lowest BCUT2D eigenvalue weighted by Crippen LogP contribution is -2.30. The normalized spacial score (nSPS) is 19.0. The third kappa shape index (κ3) is 3.21. The second-order valence-electron chi connectivity index (χ2n) is 5.04. The summed E-state index contributed by atoms with van der Waals surface area (Å²) in [6, 6.07) is 13.8. The van der Waals surface area contributed by atoms with Gasteiger partial charge in [0, 0.05) is 17.3 Å². The van der Waals surface area contributed by atoms with Crippen molar-refractivity contribution >= 4 is 33.4 Å². The SMILES string of the molecule is COc1ccc(S(=O)(=O)N2CCS[C@H]2c2ccccc2Cl)cc1. The second-order valence-corrected chi connectivity index (χ2v) is 8.52. The molecule has 1 atom stereocenters. The number of hydrogen-bond donors (Lipinski definition) is 0. The molecule has 1 saturated heterocycles. The van der Waals surface area contributed by atoms with Crippen LogP contribution in [0.15, 0.2) is 53.4 Å². The van der Waals surface area contributed by atoms with Crippen molar-refractivity contribution in [3.05, 3.63) is 59.1 Å². The Hall–Kier alpha value is -1.21. The third-order valence-electron chi connectivity index (χ3n) is 3.69. The van der Waals surface area contributed by atoms with E-state index in [4.69, 9.17) is 16.3 Å². The van der Waals surface area contributed by atoms with Gasteiger partial charge in [-0.2, -0.15) is 4.31 Å². The fourth-order valence-electron chi connectivity index (χ4n) is 2.50. The zero-order valence-electron chi connectivity index (χ0n) is 12.5. The highest BCUT2D eigenvalue weighted by Crippen LogP contribution is 2.43. The van der Waals surface area contributed by atoms with Crippen molar-refractivity contribution in [3.8, 4) is 5.75 Å². The van der Waals surface area contributed by atoms with E-state index < -0.39 is 10.0 Å². The molecular weight excluding hydrogens is 354 g/mol. The second kappa shape index (κ2) is 6.73. The molecule has 0 N–H and O–H groups in total. The molecule has 0 bridgehead atoms. The number of nitrogens with zero attached hydrogens (tertiary/aromatic N) is 1. The third-order valence-corrected chi connectivity index (χ3v) is 7.29. The molecule has 0 spiro atoms. The van der Waals surface area contributed by atoms with E-state index in [-0.39, 0.29) is 10.3 Å². The highest BCUT2D eigenvalue weighted by atomic mass is 35.5. The molecule has 1 aliphatic heterocycles. The molecule has 0 unspecified atom stereocenters. The number of hydrogen-bond acceptors (Lipinski definition) is 4. The number of benzene rings is 2. The van der Waals surface area contributed by atoms with E-state index in [0.717, 1.165) is 11.3 Å². The van der Waals surface area contributed by atoms with Crippen LogP contribution in [0.5, 0.6) is 5.75 Å². The molecule has 1 aliphatic rings. The summed E-state index contributed by atoms with van der Waals surface area (Å²) < 4.78 is 32.5. The highest BCUT2D eigenvalue weighted by molar-refractivity contribution is 8.01. The zero-order chi connectivity index (χ0) is 16.4. The van der Waals surface area contributed by atoms with E-state index in [1.807, 2.05) is 18.2 Å². The molecule has 0 amide bonds. The lowest BCUT2D eigenvalue weighted by atomic mass is 10.2. The van der Waals surface area contributed by atoms with E-state index in [0.29, 0.717) is 17.3 Å². The van der Waals surface area contributed by atoms with Gasteiger partial charge in [-0.3, -0.25) is 0 Å². The van der Waals surface area contributed by atoms with Crippen LogP contribution in [0, 0.1) is 0 Å². The Morgan fingerprint density at radius 2 is 1.87 bits per heavy atom. The van der Waals surface area contributed by atoms with E-state index >= 15 is 0 Å². The summed E-state index contributed by atoms with van der Waals surface area (Å²) >= 11 is 7.84. The summed E-state index contributed by atoms with van der Waals surface area (Å²) in [4.78, 5) is 0.262. The van der Waals surface area contributed by atoms with Crippen LogP contribution in [0.3, 0.4) is 0 Å². The molecule has 0 aliphatic carbocycles. The molecule has 4 nitrogen and oxygen atoms in total. The van der Waals surface area contributed by atoms with Crippen LogP contribution in [0.25, 0.3) is 0 Å². The smallest absolute Gasteiger partial charge is 0.244 e. The van der Waals surface area contributed by atoms with Crippen molar-refractivity contribution < 1.29 is 13.2 Å². The predicted molar refractivity (Wildman–Crippen MR) is 93.5 cm³/mol. The quantitative estimate of drug-likeness (QED) is 0.822. The van der Waals surface area contributed by atoms with E-state index in [2.05, 4.69) is 0 Å². The van der Waals surface area contributed by atoms with Gasteiger partial charge in [-0.05, 0) is 35.9 Å². The van der Waals surface area contributed by atoms with Gasteiger partial charge in [0.25, 0.3) is 0 Å². The molecule has 2 aromatic rings. The molecule has 23 heavy (non-hydrogen) atoms. The van der Waals surface area contributed by atoms with Crippen LogP contribution in [0.4, 0.5) is 0 Å². The Morgan fingerprint density at radius 3 is 2.52 bits per heavy atom. The lowest BCUT2D eigenvalue weighted by Gasteiger charge is -2.24. The standard InChI is InChI=1S/C16H16ClNO3S2/c1-21-12-6-8-13(9-7-12)23(19,20)18-10-11-22-16(18)14-4-2-3-5-15(14)17/h2-9,16H,10-11H2,1H3/t16-/m0/s1. The number of ether oxygens (including phenoxy) is 1. The first-order chi connectivity index (χ1) is 11.0. The van der Waals surface area contributed by atoms with Crippen LogP contribution in [-0.2, 0) is 10.0 Å². The van der Waals surface area contributed by atoms with Crippen LogP contribution in [0.2, 0.25) is 5.02 Å². The molecule has 0 aromatic heterocycles. The van der Waals surface area contributed by atoms with Crippen molar-refractivity contribution in [3.63, 3.8) is 0 Å². The van der Waals surface area contributed by atoms with Crippen molar-refractivity contribution in [2.45, 2.75) is 10.3 Å². The van der Waals surface area contributed by atoms with Gasteiger partial charge in [0.2, 0.25) is 10.0 Å². The minimum Gasteiger partial charge on any atom is -0.497 e. The minimum absolute atomic E-state index is 0.262. The first-order valence-corrected chi connectivity index (χ1v) is 9.92. The number of thioether (sulfide) groups is 1. The maximum atomic E-state index is 13.0. The summed E-state index contributed by atoms with van der Waals surface area (Å²) in [6.45, 7) is 0.467. The number of sulfonamides is 1. The molecule has 2 aromatic carbocycles. The summed E-state index contributed by atoms with van der Waals surface area (Å²) in [6.07, 6.45) is 0. The largest absolute Gasteiger partial charge is 0.497 e. The molecule has 1 heterocycles. The van der Waals surface area contributed by atoms with Gasteiger partial charge >= 0.3 is 0 Å². The van der Waals surface area contributed by atoms with Gasteiger partial charge in [0.05, 0.1) is 17.4 Å². The van der Waals surface area contributed by atoms with Gasteiger partial charge in [-0.1, -0.05) is 29.8 Å². The molecular formula is C16H16ClNO3S2. The topological polar surface area (TPSA) is 46.6 Å². The first-order valence-electron chi connectivity index (χ1n) is 7.06. The van der Waals surface area contributed by atoms with Crippen LogP contribution < -0.4 is 4.74 Å². The summed E-state index contributed by atoms with van der Waals surface area (Å²) in [5.41, 5.74) is 0.828. The van der Waals surface area contributed by atoms with E-state index in [1.165, 1.54) is 4.31 Å². The molecule has 3 rings (SSSR count). The van der Waals surface area contributed by atoms with Crippen molar-refractivity contribution in [1.29, 1.82) is 0 Å². The van der Waals surface area contributed by atoms with Gasteiger partial charge in [0.1, 0.15) is 5.75 Å². The molecule has 122 valence electrons. The van der Waals surface area contributed by atoms with Crippen molar-refractivity contribution in [2.24, 2.45) is 0 Å². The Bertz CT molecular complexity index is 793. The predicted octanol–water partition coefficient (Wildman–Crippen LogP) is 3.78. The van der Waals surface area contributed by atoms with E-state index in [1.54, 1.807) is 49.2 Å². The Kier molecular flexibility index (Phi) is 4.87. The fourth-order valence-corrected chi connectivity index (χ4v) is 6.08. The average Bonchev–Trinajstić information content (AvgIpc) is 3.05. The molecule has 1 fully saturated rings. The van der Waals surface area contributed by atoms with Crippen LogP contribution >= 0.6 is 23.4 Å². The molecule has 0 saturated carbocycles. The number of rotatable bonds is 4. The Balaban J connectivity index is 1.96. The van der Waals surface area contributed by atoms with Crippen LogP contribution in [-0.4, -0.2) is 32.1 Å². The fraction of sp³-hybridized carbons (Fsp3) is 0.250. The van der Waals surface area contributed by atoms with Gasteiger partial charge < -0.3 is 4.74 Å². The summed E-state index contributed by atoms with van der Waals surface area (Å²) in [7, 11) is -2.03. The van der Waals surface area contributed by atoms with Gasteiger partial charge in [-0.25, -0.2) is 8.42 Å². The molecule has 7 heteroatoms. The van der Waals surface area contributed by atoms with Crippen molar-refractivity contribution in [2.75, 3.05) is 19.4 Å². The highest BCUT2D eigenvalue weighted by Gasteiger charge is 2.37. The van der Waals surface area contributed by atoms with Gasteiger partial charge in [-0.15, -0.1) is 11.8 Å². The summed E-state index contributed by atoms with van der Waals surface area (Å²) in [5.74, 6) is 1.37. The number of halogens is 1. The van der Waals surface area contributed by atoms with E-state index in [9.17, 15) is 8.42 Å². The lowest BCUT2D eigenvalue weighted by molar-refractivity contribution is 0.414. The summed E-state index contributed by atoms with van der Waals surface area (Å²) in [5, 5.41) is 0.289. The Labute approximate surface area is 145 Å². The minimum atomic E-state index is -3.58. The first kappa shape index (κ1) is 16.6. The monoisotopic (exact) mass is 369 g/mol. The molecule has 0 radical (unpaired) electrons.